The van der Waals surface area contributed by atoms with E-state index in [1.807, 2.05) is 18.2 Å². The quantitative estimate of drug-likeness (QED) is 0.792. The molecule has 0 fully saturated rings. The first-order valence-corrected chi connectivity index (χ1v) is 9.13. The highest BCUT2D eigenvalue weighted by molar-refractivity contribution is 7.90. The molecular formula is C17H20FN3O3S. The van der Waals surface area contributed by atoms with Crippen LogP contribution in [0.15, 0.2) is 48.5 Å². The maximum Gasteiger partial charge on any atom is 0.301 e. The van der Waals surface area contributed by atoms with Crippen molar-refractivity contribution >= 4 is 27.5 Å². The largest absolute Gasteiger partial charge is 0.323 e. The number of carbonyl (C=O) groups excluding carboxylic acids is 1. The zero-order valence-electron chi connectivity index (χ0n) is 14.0. The molecule has 25 heavy (non-hydrogen) atoms. The summed E-state index contributed by atoms with van der Waals surface area (Å²) in [5, 5.41) is 2.47. The molecule has 0 unspecified atom stereocenters. The molecule has 8 heteroatoms. The zero-order valence-corrected chi connectivity index (χ0v) is 14.8. The van der Waals surface area contributed by atoms with Crippen LogP contribution in [0, 0.1) is 5.82 Å². The van der Waals surface area contributed by atoms with Crippen LogP contribution in [0.3, 0.4) is 0 Å². The summed E-state index contributed by atoms with van der Waals surface area (Å²) < 4.78 is 41.4. The van der Waals surface area contributed by atoms with E-state index in [-0.39, 0.29) is 24.3 Å². The van der Waals surface area contributed by atoms with E-state index in [1.165, 1.54) is 19.2 Å². The molecule has 0 saturated heterocycles. The minimum absolute atomic E-state index is 0.0831. The summed E-state index contributed by atoms with van der Waals surface area (Å²) in [5.74, 6) is -1.04. The van der Waals surface area contributed by atoms with E-state index in [2.05, 4.69) is 10.0 Å². The Hall–Kier alpha value is -2.45. The standard InChI is InChI=1S/C17H20FN3O3S/c1-3-21(2)25(23,24)20-14-9-10-15(18)16(12-14)19-17(22)11-13-7-5-4-6-8-13/h4-10,12,20H,3,11H2,1-2H3,(H,19,22). The molecule has 0 bridgehead atoms. The Labute approximate surface area is 146 Å². The van der Waals surface area contributed by atoms with Crippen LogP contribution < -0.4 is 10.0 Å². The molecule has 0 aliphatic carbocycles. The number of halogens is 1. The Kier molecular flexibility index (Phi) is 6.11. The van der Waals surface area contributed by atoms with Gasteiger partial charge in [-0.25, -0.2) is 4.39 Å². The summed E-state index contributed by atoms with van der Waals surface area (Å²) in [5.41, 5.74) is 0.874. The highest BCUT2D eigenvalue weighted by atomic mass is 32.2. The molecule has 2 aromatic carbocycles. The van der Waals surface area contributed by atoms with E-state index < -0.39 is 21.9 Å². The van der Waals surface area contributed by atoms with Crippen molar-refractivity contribution in [3.63, 3.8) is 0 Å². The maximum atomic E-state index is 13.9. The van der Waals surface area contributed by atoms with Crippen LogP contribution in [0.4, 0.5) is 15.8 Å². The summed E-state index contributed by atoms with van der Waals surface area (Å²) in [4.78, 5) is 12.1. The van der Waals surface area contributed by atoms with Gasteiger partial charge in [0.05, 0.1) is 17.8 Å². The molecule has 2 rings (SSSR count). The van der Waals surface area contributed by atoms with Crippen molar-refractivity contribution < 1.29 is 17.6 Å². The molecule has 0 aliphatic heterocycles. The van der Waals surface area contributed by atoms with Crippen molar-refractivity contribution in [2.45, 2.75) is 13.3 Å². The van der Waals surface area contributed by atoms with E-state index in [0.717, 1.165) is 15.9 Å². The Morgan fingerprint density at radius 3 is 2.48 bits per heavy atom. The smallest absolute Gasteiger partial charge is 0.301 e. The topological polar surface area (TPSA) is 78.5 Å². The first-order valence-electron chi connectivity index (χ1n) is 7.69. The molecule has 2 aromatic rings. The number of nitrogens with zero attached hydrogens (tertiary/aromatic N) is 1. The minimum atomic E-state index is -3.72. The normalized spacial score (nSPS) is 11.4. The molecule has 1 amide bonds. The van der Waals surface area contributed by atoms with Gasteiger partial charge in [-0.1, -0.05) is 37.3 Å². The van der Waals surface area contributed by atoms with E-state index in [0.29, 0.717) is 0 Å². The van der Waals surface area contributed by atoms with Crippen molar-refractivity contribution in [1.29, 1.82) is 0 Å². The second kappa shape index (κ2) is 8.09. The summed E-state index contributed by atoms with van der Waals surface area (Å²) in [7, 11) is -2.30. The van der Waals surface area contributed by atoms with Gasteiger partial charge in [-0.3, -0.25) is 9.52 Å². The highest BCUT2D eigenvalue weighted by Crippen LogP contribution is 2.21. The molecule has 134 valence electrons. The number of amides is 1. The molecule has 0 radical (unpaired) electrons. The number of anilines is 2. The van der Waals surface area contributed by atoms with Gasteiger partial charge in [0.2, 0.25) is 5.91 Å². The molecule has 2 N–H and O–H groups in total. The van der Waals surface area contributed by atoms with E-state index in [9.17, 15) is 17.6 Å². The zero-order chi connectivity index (χ0) is 18.4. The van der Waals surface area contributed by atoms with Gasteiger partial charge in [-0.05, 0) is 23.8 Å². The van der Waals surface area contributed by atoms with Gasteiger partial charge in [-0.15, -0.1) is 0 Å². The summed E-state index contributed by atoms with van der Waals surface area (Å²) in [6, 6.07) is 12.7. The predicted octanol–water partition coefficient (Wildman–Crippen LogP) is 2.62. The summed E-state index contributed by atoms with van der Waals surface area (Å²) in [6.45, 7) is 1.98. The lowest BCUT2D eigenvalue weighted by Gasteiger charge is -2.17. The van der Waals surface area contributed by atoms with Gasteiger partial charge in [0.25, 0.3) is 0 Å². The molecular weight excluding hydrogens is 345 g/mol. The third kappa shape index (κ3) is 5.27. The molecule has 0 atom stereocenters. The summed E-state index contributed by atoms with van der Waals surface area (Å²) in [6.07, 6.45) is 0.0921. The first kappa shape index (κ1) is 18.9. The number of hydrogen-bond acceptors (Lipinski definition) is 3. The highest BCUT2D eigenvalue weighted by Gasteiger charge is 2.17. The van der Waals surface area contributed by atoms with Crippen molar-refractivity contribution in [1.82, 2.24) is 4.31 Å². The molecule has 0 aromatic heterocycles. The molecule has 0 heterocycles. The molecule has 6 nitrogen and oxygen atoms in total. The van der Waals surface area contributed by atoms with Gasteiger partial charge < -0.3 is 5.32 Å². The fourth-order valence-electron chi connectivity index (χ4n) is 2.06. The van der Waals surface area contributed by atoms with Gasteiger partial charge >= 0.3 is 10.2 Å². The van der Waals surface area contributed by atoms with E-state index >= 15 is 0 Å². The Morgan fingerprint density at radius 2 is 1.84 bits per heavy atom. The first-order chi connectivity index (χ1) is 11.8. The monoisotopic (exact) mass is 365 g/mol. The van der Waals surface area contributed by atoms with Crippen LogP contribution in [0.5, 0.6) is 0 Å². The van der Waals surface area contributed by atoms with E-state index in [4.69, 9.17) is 0 Å². The Bertz CT molecular complexity index is 841. The van der Waals surface area contributed by atoms with Crippen molar-refractivity contribution in [2.24, 2.45) is 0 Å². The average molecular weight is 365 g/mol. The predicted molar refractivity (Wildman–Crippen MR) is 96.0 cm³/mol. The second-order valence-corrected chi connectivity index (χ2v) is 7.20. The lowest BCUT2D eigenvalue weighted by Crippen LogP contribution is -2.32. The van der Waals surface area contributed by atoms with Crippen LogP contribution in [0.1, 0.15) is 12.5 Å². The number of hydrogen-bond donors (Lipinski definition) is 2. The average Bonchev–Trinajstić information content (AvgIpc) is 2.57. The lowest BCUT2D eigenvalue weighted by molar-refractivity contribution is -0.115. The third-order valence-corrected chi connectivity index (χ3v) is 5.12. The summed E-state index contributed by atoms with van der Waals surface area (Å²) >= 11 is 0. The van der Waals surface area contributed by atoms with Gasteiger partial charge in [-0.2, -0.15) is 12.7 Å². The lowest BCUT2D eigenvalue weighted by atomic mass is 10.1. The molecule has 0 saturated carbocycles. The van der Waals surface area contributed by atoms with Crippen LogP contribution in [-0.4, -0.2) is 32.2 Å². The number of rotatable bonds is 7. The van der Waals surface area contributed by atoms with Crippen molar-refractivity contribution in [3.8, 4) is 0 Å². The fraction of sp³-hybridized carbons (Fsp3) is 0.235. The molecule has 0 spiro atoms. The van der Waals surface area contributed by atoms with Crippen molar-refractivity contribution in [2.75, 3.05) is 23.6 Å². The number of carbonyl (C=O) groups is 1. The number of nitrogens with one attached hydrogen (secondary N) is 2. The molecule has 0 aliphatic rings. The Morgan fingerprint density at radius 1 is 1.16 bits per heavy atom. The van der Waals surface area contributed by atoms with Crippen LogP contribution in [0.25, 0.3) is 0 Å². The fourth-order valence-corrected chi connectivity index (χ4v) is 2.98. The minimum Gasteiger partial charge on any atom is -0.323 e. The van der Waals surface area contributed by atoms with Gasteiger partial charge in [0, 0.05) is 13.6 Å². The Balaban J connectivity index is 2.12. The SMILES string of the molecule is CCN(C)S(=O)(=O)Nc1ccc(F)c(NC(=O)Cc2ccccc2)c1. The van der Waals surface area contributed by atoms with E-state index in [1.54, 1.807) is 19.1 Å². The van der Waals surface area contributed by atoms with Crippen LogP contribution >= 0.6 is 0 Å². The van der Waals surface area contributed by atoms with Gasteiger partial charge in [0.15, 0.2) is 0 Å². The third-order valence-electron chi connectivity index (χ3n) is 3.55. The maximum absolute atomic E-state index is 13.9. The number of benzene rings is 2. The second-order valence-electron chi connectivity index (χ2n) is 5.43. The van der Waals surface area contributed by atoms with Gasteiger partial charge in [0.1, 0.15) is 5.82 Å². The van der Waals surface area contributed by atoms with Crippen molar-refractivity contribution in [3.05, 3.63) is 59.9 Å². The van der Waals surface area contributed by atoms with Crippen LogP contribution in [0.2, 0.25) is 0 Å². The van der Waals surface area contributed by atoms with Crippen LogP contribution in [-0.2, 0) is 21.4 Å².